The van der Waals surface area contributed by atoms with Gasteiger partial charge in [-0.05, 0) is 31.1 Å². The minimum absolute atomic E-state index is 0.547. The molecule has 1 spiro atoms. The number of hydrogen-bond acceptors (Lipinski definition) is 2. The average Bonchev–Trinajstić information content (AvgIpc) is 2.85. The molecule has 2 rings (SSSR count). The zero-order chi connectivity index (χ0) is 10.4. The SMILES string of the molecule is CCC(CC)(C(=O)O)N1CC2(CC2)C1. The predicted octanol–water partition coefficient (Wildman–Crippen LogP) is 1.73. The van der Waals surface area contributed by atoms with E-state index in [1.54, 1.807) is 0 Å². The van der Waals surface area contributed by atoms with E-state index in [9.17, 15) is 9.90 Å². The summed E-state index contributed by atoms with van der Waals surface area (Å²) in [6.07, 6.45) is 4.06. The Morgan fingerprint density at radius 2 is 1.86 bits per heavy atom. The molecule has 0 aromatic carbocycles. The molecule has 1 saturated heterocycles. The number of carbonyl (C=O) groups is 1. The third-order valence-electron chi connectivity index (χ3n) is 4.18. The van der Waals surface area contributed by atoms with Crippen LogP contribution in [0, 0.1) is 5.41 Å². The van der Waals surface area contributed by atoms with Crippen molar-refractivity contribution in [2.24, 2.45) is 5.41 Å². The van der Waals surface area contributed by atoms with Crippen LogP contribution < -0.4 is 0 Å². The molecular weight excluding hydrogens is 178 g/mol. The number of hydrogen-bond donors (Lipinski definition) is 1. The van der Waals surface area contributed by atoms with Gasteiger partial charge >= 0.3 is 5.97 Å². The molecule has 0 unspecified atom stereocenters. The van der Waals surface area contributed by atoms with Gasteiger partial charge in [-0.25, -0.2) is 0 Å². The van der Waals surface area contributed by atoms with Crippen LogP contribution in [0.2, 0.25) is 0 Å². The van der Waals surface area contributed by atoms with Gasteiger partial charge in [-0.2, -0.15) is 0 Å². The molecule has 3 heteroatoms. The summed E-state index contributed by atoms with van der Waals surface area (Å²) in [5.74, 6) is -0.641. The van der Waals surface area contributed by atoms with Crippen molar-refractivity contribution in [3.8, 4) is 0 Å². The number of carboxylic acids is 1. The molecule has 0 aromatic heterocycles. The number of aliphatic carboxylic acids is 1. The maximum atomic E-state index is 11.3. The van der Waals surface area contributed by atoms with E-state index in [4.69, 9.17) is 0 Å². The van der Waals surface area contributed by atoms with Gasteiger partial charge in [-0.15, -0.1) is 0 Å². The Morgan fingerprint density at radius 1 is 1.36 bits per heavy atom. The lowest BCUT2D eigenvalue weighted by atomic mass is 9.83. The summed E-state index contributed by atoms with van der Waals surface area (Å²) in [4.78, 5) is 13.5. The van der Waals surface area contributed by atoms with Crippen molar-refractivity contribution in [1.29, 1.82) is 0 Å². The summed E-state index contributed by atoms with van der Waals surface area (Å²) in [7, 11) is 0. The van der Waals surface area contributed by atoms with Gasteiger partial charge in [0.05, 0.1) is 0 Å². The molecule has 0 amide bonds. The molecule has 2 aliphatic rings. The predicted molar refractivity (Wildman–Crippen MR) is 54.2 cm³/mol. The number of rotatable bonds is 4. The first-order valence-electron chi connectivity index (χ1n) is 5.57. The quantitative estimate of drug-likeness (QED) is 0.746. The summed E-state index contributed by atoms with van der Waals surface area (Å²) < 4.78 is 0. The van der Waals surface area contributed by atoms with Crippen molar-refractivity contribution in [2.45, 2.75) is 45.1 Å². The molecule has 2 fully saturated rings. The van der Waals surface area contributed by atoms with Crippen molar-refractivity contribution < 1.29 is 9.90 Å². The van der Waals surface area contributed by atoms with Crippen molar-refractivity contribution >= 4 is 5.97 Å². The summed E-state index contributed by atoms with van der Waals surface area (Å²) in [6, 6.07) is 0. The average molecular weight is 197 g/mol. The summed E-state index contributed by atoms with van der Waals surface area (Å²) in [5, 5.41) is 9.31. The third kappa shape index (κ3) is 1.18. The van der Waals surface area contributed by atoms with Gasteiger partial charge in [-0.1, -0.05) is 13.8 Å². The van der Waals surface area contributed by atoms with Gasteiger partial charge in [0.1, 0.15) is 5.54 Å². The standard InChI is InChI=1S/C11H19NO2/c1-3-11(4-2,9(13)14)12-7-10(8-12)5-6-10/h3-8H2,1-2H3,(H,13,14). The van der Waals surface area contributed by atoms with Gasteiger partial charge in [0.2, 0.25) is 0 Å². The fraction of sp³-hybridized carbons (Fsp3) is 0.909. The Kier molecular flexibility index (Phi) is 2.11. The number of carboxylic acid groups (broad SMARTS) is 1. The molecule has 0 radical (unpaired) electrons. The van der Waals surface area contributed by atoms with Crippen LogP contribution in [0.25, 0.3) is 0 Å². The van der Waals surface area contributed by atoms with E-state index in [1.165, 1.54) is 12.8 Å². The molecule has 0 atom stereocenters. The number of likely N-dealkylation sites (tertiary alicyclic amines) is 1. The van der Waals surface area contributed by atoms with E-state index in [2.05, 4.69) is 4.90 Å². The molecule has 1 saturated carbocycles. The highest BCUT2D eigenvalue weighted by atomic mass is 16.4. The Bertz CT molecular complexity index is 246. The van der Waals surface area contributed by atoms with Crippen molar-refractivity contribution in [1.82, 2.24) is 4.90 Å². The van der Waals surface area contributed by atoms with Crippen molar-refractivity contribution in [3.05, 3.63) is 0 Å². The van der Waals surface area contributed by atoms with E-state index >= 15 is 0 Å². The summed E-state index contributed by atoms with van der Waals surface area (Å²) in [6.45, 7) is 5.99. The van der Waals surface area contributed by atoms with Crippen LogP contribution in [0.3, 0.4) is 0 Å². The van der Waals surface area contributed by atoms with Gasteiger partial charge in [0.25, 0.3) is 0 Å². The first kappa shape index (κ1) is 9.97. The molecule has 14 heavy (non-hydrogen) atoms. The highest BCUT2D eigenvalue weighted by molar-refractivity contribution is 5.79. The first-order chi connectivity index (χ1) is 6.58. The molecule has 3 nitrogen and oxygen atoms in total. The smallest absolute Gasteiger partial charge is 0.324 e. The lowest BCUT2D eigenvalue weighted by Gasteiger charge is -2.50. The molecular formula is C11H19NO2. The van der Waals surface area contributed by atoms with E-state index in [-0.39, 0.29) is 0 Å². The topological polar surface area (TPSA) is 40.5 Å². The molecule has 80 valence electrons. The maximum absolute atomic E-state index is 11.3. The zero-order valence-corrected chi connectivity index (χ0v) is 9.05. The minimum Gasteiger partial charge on any atom is -0.480 e. The van der Waals surface area contributed by atoms with Crippen molar-refractivity contribution in [3.63, 3.8) is 0 Å². The second-order valence-electron chi connectivity index (χ2n) is 4.90. The van der Waals surface area contributed by atoms with Crippen LogP contribution in [0.5, 0.6) is 0 Å². The van der Waals surface area contributed by atoms with E-state index in [0.29, 0.717) is 5.41 Å². The number of nitrogens with zero attached hydrogens (tertiary/aromatic N) is 1. The maximum Gasteiger partial charge on any atom is 0.324 e. The third-order valence-corrected chi connectivity index (χ3v) is 4.18. The summed E-state index contributed by atoms with van der Waals surface area (Å²) in [5.41, 5.74) is -0.0289. The fourth-order valence-electron chi connectivity index (χ4n) is 2.69. The largest absolute Gasteiger partial charge is 0.480 e. The molecule has 0 aromatic rings. The Morgan fingerprint density at radius 3 is 2.14 bits per heavy atom. The normalized spacial score (nSPS) is 24.7. The molecule has 1 aliphatic heterocycles. The van der Waals surface area contributed by atoms with Gasteiger partial charge in [0, 0.05) is 13.1 Å². The van der Waals surface area contributed by atoms with Crippen LogP contribution in [0.15, 0.2) is 0 Å². The lowest BCUT2D eigenvalue weighted by Crippen LogP contribution is -2.64. The Labute approximate surface area is 85.1 Å². The molecule has 0 bridgehead atoms. The van der Waals surface area contributed by atoms with Crippen molar-refractivity contribution in [2.75, 3.05) is 13.1 Å². The Balaban J connectivity index is 2.07. The van der Waals surface area contributed by atoms with Crippen LogP contribution >= 0.6 is 0 Å². The lowest BCUT2D eigenvalue weighted by molar-refractivity contribution is -0.159. The highest BCUT2D eigenvalue weighted by Crippen LogP contribution is 2.55. The van der Waals surface area contributed by atoms with Crippen LogP contribution in [-0.4, -0.2) is 34.6 Å². The second kappa shape index (κ2) is 2.96. The van der Waals surface area contributed by atoms with Crippen LogP contribution in [-0.2, 0) is 4.79 Å². The second-order valence-corrected chi connectivity index (χ2v) is 4.90. The van der Waals surface area contributed by atoms with Crippen LogP contribution in [0.1, 0.15) is 39.5 Å². The van der Waals surface area contributed by atoms with Gasteiger partial charge in [-0.3, -0.25) is 9.69 Å². The monoisotopic (exact) mass is 197 g/mol. The minimum atomic E-state index is -0.641. The van der Waals surface area contributed by atoms with E-state index < -0.39 is 11.5 Å². The first-order valence-corrected chi connectivity index (χ1v) is 5.57. The summed E-state index contributed by atoms with van der Waals surface area (Å²) >= 11 is 0. The van der Waals surface area contributed by atoms with Gasteiger partial charge in [0.15, 0.2) is 0 Å². The van der Waals surface area contributed by atoms with E-state index in [1.807, 2.05) is 13.8 Å². The fourth-order valence-corrected chi connectivity index (χ4v) is 2.69. The van der Waals surface area contributed by atoms with Gasteiger partial charge < -0.3 is 5.11 Å². The van der Waals surface area contributed by atoms with Crippen LogP contribution in [0.4, 0.5) is 0 Å². The Hall–Kier alpha value is -0.570. The molecule has 1 heterocycles. The zero-order valence-electron chi connectivity index (χ0n) is 9.05. The van der Waals surface area contributed by atoms with E-state index in [0.717, 1.165) is 25.9 Å². The highest BCUT2D eigenvalue weighted by Gasteiger charge is 2.58. The molecule has 1 aliphatic carbocycles. The molecule has 1 N–H and O–H groups in total.